The summed E-state index contributed by atoms with van der Waals surface area (Å²) in [7, 11) is 2.13. The lowest BCUT2D eigenvalue weighted by atomic mass is 10.2. The van der Waals surface area contributed by atoms with E-state index < -0.39 is 0 Å². The smallest absolute Gasteiger partial charge is 0.245 e. The van der Waals surface area contributed by atoms with Crippen LogP contribution in [0.25, 0.3) is 0 Å². The molecule has 140 valence electrons. The van der Waals surface area contributed by atoms with Gasteiger partial charge in [0.25, 0.3) is 0 Å². The van der Waals surface area contributed by atoms with Crippen LogP contribution in [-0.4, -0.2) is 60.1 Å². The fourth-order valence-electron chi connectivity index (χ4n) is 3.01. The van der Waals surface area contributed by atoms with Crippen molar-refractivity contribution >= 4 is 34.8 Å². The van der Waals surface area contributed by atoms with Gasteiger partial charge in [0.05, 0.1) is 17.8 Å². The van der Waals surface area contributed by atoms with Gasteiger partial charge in [-0.1, -0.05) is 12.1 Å². The summed E-state index contributed by atoms with van der Waals surface area (Å²) in [4.78, 5) is 20.4. The summed E-state index contributed by atoms with van der Waals surface area (Å²) in [5.74, 6) is 2.03. The first kappa shape index (κ1) is 17.2. The van der Waals surface area contributed by atoms with E-state index in [9.17, 15) is 4.79 Å². The van der Waals surface area contributed by atoms with E-state index in [0.29, 0.717) is 11.7 Å². The number of rotatable bonds is 4. The fraction of sp³-hybridized carbons (Fsp3) is 0.333. The lowest BCUT2D eigenvalue weighted by Gasteiger charge is -2.32. The van der Waals surface area contributed by atoms with Crippen LogP contribution in [0.4, 0.5) is 23.0 Å². The van der Waals surface area contributed by atoms with Gasteiger partial charge in [0.2, 0.25) is 5.91 Å². The van der Waals surface area contributed by atoms with Crippen molar-refractivity contribution in [1.29, 1.82) is 0 Å². The first-order valence-electron chi connectivity index (χ1n) is 8.93. The highest BCUT2D eigenvalue weighted by Gasteiger charge is 2.17. The van der Waals surface area contributed by atoms with E-state index in [4.69, 9.17) is 0 Å². The van der Waals surface area contributed by atoms with E-state index in [-0.39, 0.29) is 12.3 Å². The number of likely N-dealkylation sites (N-methyl/N-ethyl adjacent to an activating group) is 1. The van der Waals surface area contributed by atoms with Gasteiger partial charge in [-0.05, 0) is 31.3 Å². The highest BCUT2D eigenvalue weighted by atomic mass is 16.2. The number of nitrogens with zero attached hydrogens (tertiary/aromatic N) is 5. The van der Waals surface area contributed by atoms with Crippen LogP contribution in [0.5, 0.6) is 0 Å². The van der Waals surface area contributed by atoms with Crippen LogP contribution in [-0.2, 0) is 4.79 Å². The maximum Gasteiger partial charge on any atom is 0.245 e. The van der Waals surface area contributed by atoms with Crippen LogP contribution in [0.3, 0.4) is 0 Å². The van der Waals surface area contributed by atoms with Gasteiger partial charge in [-0.3, -0.25) is 15.6 Å². The number of hydrogen-bond donors (Lipinski definition) is 3. The summed E-state index contributed by atoms with van der Waals surface area (Å²) in [5.41, 5.74) is 6.83. The molecule has 3 N–H and O–H groups in total. The highest BCUT2D eigenvalue weighted by molar-refractivity contribution is 6.06. The number of carbonyl (C=O) groups is 1. The maximum atomic E-state index is 11.3. The molecule has 1 aromatic carbocycles. The molecule has 1 amide bonds. The average Bonchev–Trinajstić information content (AvgIpc) is 3.09. The van der Waals surface area contributed by atoms with Crippen molar-refractivity contribution in [1.82, 2.24) is 25.9 Å². The summed E-state index contributed by atoms with van der Waals surface area (Å²) in [6.45, 7) is 3.97. The zero-order valence-corrected chi connectivity index (χ0v) is 15.1. The Morgan fingerprint density at radius 1 is 1.04 bits per heavy atom. The van der Waals surface area contributed by atoms with Crippen LogP contribution >= 0.6 is 0 Å². The second kappa shape index (κ2) is 7.58. The molecular weight excluding hydrogens is 344 g/mol. The number of anilines is 3. The van der Waals surface area contributed by atoms with Crippen LogP contribution in [0.15, 0.2) is 41.4 Å². The summed E-state index contributed by atoms with van der Waals surface area (Å²) in [6, 6.07) is 11.5. The minimum Gasteiger partial charge on any atom is -0.353 e. The molecule has 0 spiro atoms. The molecule has 0 bridgehead atoms. The lowest BCUT2D eigenvalue weighted by molar-refractivity contribution is -0.119. The molecule has 0 unspecified atom stereocenters. The molecule has 0 radical (unpaired) electrons. The lowest BCUT2D eigenvalue weighted by Crippen LogP contribution is -2.44. The minimum absolute atomic E-state index is 0.0930. The Morgan fingerprint density at radius 3 is 2.56 bits per heavy atom. The Bertz CT molecular complexity index is 843. The molecular formula is C18H22N8O. The van der Waals surface area contributed by atoms with E-state index in [1.54, 1.807) is 0 Å². The summed E-state index contributed by atoms with van der Waals surface area (Å²) in [6.07, 6.45) is 0.244. The van der Waals surface area contributed by atoms with E-state index >= 15 is 0 Å². The number of amidine groups is 1. The largest absolute Gasteiger partial charge is 0.353 e. The molecule has 27 heavy (non-hydrogen) atoms. The summed E-state index contributed by atoms with van der Waals surface area (Å²) in [5, 5.41) is 11.9. The molecule has 1 aromatic heterocycles. The first-order valence-corrected chi connectivity index (χ1v) is 8.93. The second-order valence-corrected chi connectivity index (χ2v) is 6.62. The number of benzene rings is 1. The molecule has 2 fully saturated rings. The fourth-order valence-corrected chi connectivity index (χ4v) is 3.01. The van der Waals surface area contributed by atoms with Gasteiger partial charge in [0.15, 0.2) is 11.6 Å². The van der Waals surface area contributed by atoms with E-state index in [2.05, 4.69) is 48.2 Å². The molecule has 2 aromatic rings. The molecule has 9 heteroatoms. The van der Waals surface area contributed by atoms with Crippen LogP contribution in [0.1, 0.15) is 6.42 Å². The SMILES string of the molecule is CN1CCN(c2ccc(Nc3ccccc3N=C3CC(=O)NN3)nn2)CC1. The minimum atomic E-state index is -0.0930. The monoisotopic (exact) mass is 366 g/mol. The highest BCUT2D eigenvalue weighted by Crippen LogP contribution is 2.27. The Labute approximate surface area is 157 Å². The van der Waals surface area contributed by atoms with Gasteiger partial charge in [-0.2, -0.15) is 0 Å². The van der Waals surface area contributed by atoms with Gasteiger partial charge in [0.1, 0.15) is 5.84 Å². The number of aromatic nitrogens is 2. The van der Waals surface area contributed by atoms with Crippen molar-refractivity contribution in [3.05, 3.63) is 36.4 Å². The van der Waals surface area contributed by atoms with E-state index in [1.807, 2.05) is 36.4 Å². The summed E-state index contributed by atoms with van der Waals surface area (Å²) < 4.78 is 0. The van der Waals surface area contributed by atoms with Crippen molar-refractivity contribution in [3.8, 4) is 0 Å². The van der Waals surface area contributed by atoms with E-state index in [0.717, 1.165) is 43.4 Å². The number of amides is 1. The molecule has 0 aliphatic carbocycles. The Balaban J connectivity index is 1.47. The topological polar surface area (TPSA) is 97.8 Å². The number of hydrogen-bond acceptors (Lipinski definition) is 7. The normalized spacial score (nSPS) is 19.1. The standard InChI is InChI=1S/C18H22N8O/c1-25-8-10-26(11-9-25)17-7-6-15(21-23-17)19-13-4-2-3-5-14(13)20-16-12-18(27)24-22-16/h2-7H,8-12H2,1H3,(H,19,21)(H,20,22)(H,24,27). The van der Waals surface area contributed by atoms with Gasteiger partial charge in [0, 0.05) is 26.2 Å². The average molecular weight is 366 g/mol. The Hall–Kier alpha value is -3.20. The van der Waals surface area contributed by atoms with Crippen molar-refractivity contribution in [2.45, 2.75) is 6.42 Å². The third-order valence-corrected chi connectivity index (χ3v) is 4.57. The number of carbonyl (C=O) groups excluding carboxylic acids is 1. The second-order valence-electron chi connectivity index (χ2n) is 6.62. The molecule has 0 saturated carbocycles. The Morgan fingerprint density at radius 2 is 1.85 bits per heavy atom. The maximum absolute atomic E-state index is 11.3. The number of nitrogens with one attached hydrogen (secondary N) is 3. The van der Waals surface area contributed by atoms with Crippen LogP contribution in [0.2, 0.25) is 0 Å². The number of aliphatic imine (C=N–C) groups is 1. The third kappa shape index (κ3) is 4.14. The molecule has 3 heterocycles. The number of hydrazine groups is 1. The van der Waals surface area contributed by atoms with Gasteiger partial charge >= 0.3 is 0 Å². The molecule has 4 rings (SSSR count). The van der Waals surface area contributed by atoms with Crippen molar-refractivity contribution in [2.75, 3.05) is 43.4 Å². The van der Waals surface area contributed by atoms with E-state index in [1.165, 1.54) is 0 Å². The van der Waals surface area contributed by atoms with Crippen molar-refractivity contribution < 1.29 is 4.79 Å². The summed E-state index contributed by atoms with van der Waals surface area (Å²) >= 11 is 0. The van der Waals surface area contributed by atoms with Gasteiger partial charge in [-0.25, -0.2) is 4.99 Å². The predicted octanol–water partition coefficient (Wildman–Crippen LogP) is 1.03. The number of para-hydroxylation sites is 2. The van der Waals surface area contributed by atoms with Gasteiger partial charge < -0.3 is 15.1 Å². The molecule has 0 atom stereocenters. The Kier molecular flexibility index (Phi) is 4.84. The third-order valence-electron chi connectivity index (χ3n) is 4.57. The zero-order valence-electron chi connectivity index (χ0n) is 15.1. The first-order chi connectivity index (χ1) is 13.2. The quantitative estimate of drug-likeness (QED) is 0.743. The van der Waals surface area contributed by atoms with Crippen LogP contribution in [0, 0.1) is 0 Å². The number of piperazine rings is 1. The molecule has 2 saturated heterocycles. The van der Waals surface area contributed by atoms with Crippen LogP contribution < -0.4 is 21.1 Å². The molecule has 2 aliphatic heterocycles. The molecule has 9 nitrogen and oxygen atoms in total. The zero-order chi connectivity index (χ0) is 18.6. The molecule has 2 aliphatic rings. The van der Waals surface area contributed by atoms with Gasteiger partial charge in [-0.15, -0.1) is 10.2 Å². The predicted molar refractivity (Wildman–Crippen MR) is 104 cm³/mol. The van der Waals surface area contributed by atoms with Crippen molar-refractivity contribution in [3.63, 3.8) is 0 Å². The van der Waals surface area contributed by atoms with Crippen molar-refractivity contribution in [2.24, 2.45) is 4.99 Å².